The largest absolute Gasteiger partial charge is 0.381 e. The molecule has 0 atom stereocenters. The van der Waals surface area contributed by atoms with Gasteiger partial charge in [-0.2, -0.15) is 0 Å². The number of hydrogen-bond acceptors (Lipinski definition) is 3. The van der Waals surface area contributed by atoms with E-state index in [9.17, 15) is 4.79 Å². The summed E-state index contributed by atoms with van der Waals surface area (Å²) in [5.74, 6) is 0.561. The highest BCUT2D eigenvalue weighted by molar-refractivity contribution is 5.74. The average Bonchev–Trinajstić information content (AvgIpc) is 2.84. The average molecular weight is 348 g/mol. The molecule has 0 spiro atoms. The molecule has 1 fully saturated rings. The minimum Gasteiger partial charge on any atom is -0.381 e. The molecular weight excluding hydrogens is 314 g/mol. The third-order valence-corrected chi connectivity index (χ3v) is 4.32. The van der Waals surface area contributed by atoms with Crippen LogP contribution in [0.3, 0.4) is 0 Å². The zero-order chi connectivity index (χ0) is 17.9. The SMILES string of the molecule is CC(C)COCCCNC(=O)N1CCCN(Cc2ccccc2)CC1. The summed E-state index contributed by atoms with van der Waals surface area (Å²) in [4.78, 5) is 16.7. The molecule has 0 saturated carbocycles. The number of nitrogens with one attached hydrogen (secondary N) is 1. The number of nitrogens with zero attached hydrogens (tertiary/aromatic N) is 2. The van der Waals surface area contributed by atoms with Gasteiger partial charge in [-0.25, -0.2) is 4.79 Å². The summed E-state index contributed by atoms with van der Waals surface area (Å²) in [7, 11) is 0. The zero-order valence-electron chi connectivity index (χ0n) is 15.7. The molecule has 1 aliphatic heterocycles. The monoisotopic (exact) mass is 347 g/mol. The molecule has 1 heterocycles. The van der Waals surface area contributed by atoms with Gasteiger partial charge in [0.1, 0.15) is 0 Å². The molecule has 5 nitrogen and oxygen atoms in total. The fraction of sp³-hybridized carbons (Fsp3) is 0.650. The first kappa shape index (κ1) is 19.7. The maximum atomic E-state index is 12.3. The van der Waals surface area contributed by atoms with Crippen LogP contribution in [0.25, 0.3) is 0 Å². The van der Waals surface area contributed by atoms with Gasteiger partial charge in [-0.05, 0) is 24.3 Å². The Balaban J connectivity index is 1.63. The van der Waals surface area contributed by atoms with Gasteiger partial charge in [0, 0.05) is 52.5 Å². The van der Waals surface area contributed by atoms with Crippen molar-refractivity contribution >= 4 is 6.03 Å². The molecule has 0 aliphatic carbocycles. The topological polar surface area (TPSA) is 44.8 Å². The van der Waals surface area contributed by atoms with Gasteiger partial charge in [0.15, 0.2) is 0 Å². The van der Waals surface area contributed by atoms with Gasteiger partial charge in [0.2, 0.25) is 0 Å². The molecule has 1 saturated heterocycles. The van der Waals surface area contributed by atoms with E-state index < -0.39 is 0 Å². The number of carbonyl (C=O) groups excluding carboxylic acids is 1. The Hall–Kier alpha value is -1.59. The smallest absolute Gasteiger partial charge is 0.317 e. The van der Waals surface area contributed by atoms with Crippen molar-refractivity contribution in [3.63, 3.8) is 0 Å². The number of amides is 2. The molecule has 140 valence electrons. The lowest BCUT2D eigenvalue weighted by atomic mass is 10.2. The van der Waals surface area contributed by atoms with Crippen LogP contribution >= 0.6 is 0 Å². The minimum absolute atomic E-state index is 0.0606. The zero-order valence-corrected chi connectivity index (χ0v) is 15.7. The van der Waals surface area contributed by atoms with Crippen molar-refractivity contribution < 1.29 is 9.53 Å². The summed E-state index contributed by atoms with van der Waals surface area (Å²) in [5, 5.41) is 3.02. The number of benzene rings is 1. The number of ether oxygens (including phenoxy) is 1. The Morgan fingerprint density at radius 2 is 1.96 bits per heavy atom. The molecule has 1 aromatic rings. The van der Waals surface area contributed by atoms with Crippen LogP contribution in [0.5, 0.6) is 0 Å². The van der Waals surface area contributed by atoms with Crippen LogP contribution in [-0.2, 0) is 11.3 Å². The van der Waals surface area contributed by atoms with Gasteiger partial charge >= 0.3 is 6.03 Å². The molecule has 0 bridgehead atoms. The normalized spacial score (nSPS) is 16.0. The van der Waals surface area contributed by atoms with Crippen molar-refractivity contribution in [2.45, 2.75) is 33.2 Å². The van der Waals surface area contributed by atoms with Crippen LogP contribution in [0.4, 0.5) is 4.79 Å². The Kier molecular flexibility index (Phi) is 8.77. The Labute approximate surface area is 152 Å². The molecule has 2 rings (SSSR count). The standard InChI is InChI=1S/C20H33N3O2/c1-18(2)17-25-15-6-10-21-20(24)23-12-7-11-22(13-14-23)16-19-8-4-3-5-9-19/h3-5,8-9,18H,6-7,10-17H2,1-2H3,(H,21,24). The lowest BCUT2D eigenvalue weighted by molar-refractivity contribution is 0.108. The van der Waals surface area contributed by atoms with E-state index in [2.05, 4.69) is 48.3 Å². The van der Waals surface area contributed by atoms with E-state index in [1.165, 1.54) is 5.56 Å². The molecule has 2 amide bonds. The van der Waals surface area contributed by atoms with Crippen molar-refractivity contribution in [1.82, 2.24) is 15.1 Å². The van der Waals surface area contributed by atoms with Crippen LogP contribution in [0.15, 0.2) is 30.3 Å². The van der Waals surface area contributed by atoms with Crippen LogP contribution in [0, 0.1) is 5.92 Å². The van der Waals surface area contributed by atoms with Crippen molar-refractivity contribution in [3.8, 4) is 0 Å². The molecular formula is C20H33N3O2. The first-order valence-electron chi connectivity index (χ1n) is 9.52. The first-order chi connectivity index (χ1) is 12.1. The predicted molar refractivity (Wildman–Crippen MR) is 102 cm³/mol. The predicted octanol–water partition coefficient (Wildman–Crippen LogP) is 2.97. The van der Waals surface area contributed by atoms with Crippen LogP contribution in [-0.4, -0.2) is 61.8 Å². The highest BCUT2D eigenvalue weighted by Crippen LogP contribution is 2.09. The Morgan fingerprint density at radius 3 is 2.72 bits per heavy atom. The van der Waals surface area contributed by atoms with E-state index in [0.717, 1.165) is 52.2 Å². The minimum atomic E-state index is 0.0606. The second kappa shape index (κ2) is 11.1. The van der Waals surface area contributed by atoms with E-state index in [-0.39, 0.29) is 6.03 Å². The van der Waals surface area contributed by atoms with Gasteiger partial charge in [-0.1, -0.05) is 44.2 Å². The molecule has 0 radical (unpaired) electrons. The molecule has 1 N–H and O–H groups in total. The van der Waals surface area contributed by atoms with Crippen molar-refractivity contribution in [2.75, 3.05) is 45.9 Å². The molecule has 5 heteroatoms. The lowest BCUT2D eigenvalue weighted by Gasteiger charge is -2.22. The first-order valence-corrected chi connectivity index (χ1v) is 9.52. The Bertz CT molecular complexity index is 493. The van der Waals surface area contributed by atoms with Gasteiger partial charge in [0.05, 0.1) is 0 Å². The highest BCUT2D eigenvalue weighted by atomic mass is 16.5. The van der Waals surface area contributed by atoms with Crippen LogP contribution < -0.4 is 5.32 Å². The van der Waals surface area contributed by atoms with Crippen molar-refractivity contribution in [3.05, 3.63) is 35.9 Å². The maximum absolute atomic E-state index is 12.3. The van der Waals surface area contributed by atoms with E-state index in [1.807, 2.05) is 11.0 Å². The molecule has 0 unspecified atom stereocenters. The number of hydrogen-bond donors (Lipinski definition) is 1. The third kappa shape index (κ3) is 7.88. The lowest BCUT2D eigenvalue weighted by Crippen LogP contribution is -2.42. The second-order valence-electron chi connectivity index (χ2n) is 7.16. The highest BCUT2D eigenvalue weighted by Gasteiger charge is 2.18. The fourth-order valence-electron chi connectivity index (χ4n) is 2.97. The van der Waals surface area contributed by atoms with Crippen LogP contribution in [0.1, 0.15) is 32.3 Å². The number of urea groups is 1. The van der Waals surface area contributed by atoms with Crippen molar-refractivity contribution in [2.24, 2.45) is 5.92 Å². The molecule has 1 aliphatic rings. The summed E-state index contributed by atoms with van der Waals surface area (Å²) in [6.07, 6.45) is 1.89. The van der Waals surface area contributed by atoms with Gasteiger partial charge < -0.3 is 15.0 Å². The van der Waals surface area contributed by atoms with E-state index in [4.69, 9.17) is 4.74 Å². The molecule has 25 heavy (non-hydrogen) atoms. The van der Waals surface area contributed by atoms with Crippen LogP contribution in [0.2, 0.25) is 0 Å². The summed E-state index contributed by atoms with van der Waals surface area (Å²) >= 11 is 0. The molecule has 1 aromatic carbocycles. The fourth-order valence-corrected chi connectivity index (χ4v) is 2.97. The summed E-state index contributed by atoms with van der Waals surface area (Å²) in [6, 6.07) is 10.6. The van der Waals surface area contributed by atoms with E-state index in [0.29, 0.717) is 19.1 Å². The third-order valence-electron chi connectivity index (χ3n) is 4.32. The van der Waals surface area contributed by atoms with E-state index in [1.54, 1.807) is 0 Å². The van der Waals surface area contributed by atoms with Gasteiger partial charge in [-0.15, -0.1) is 0 Å². The second-order valence-corrected chi connectivity index (χ2v) is 7.16. The summed E-state index contributed by atoms with van der Waals surface area (Å²) in [6.45, 7) is 11.0. The summed E-state index contributed by atoms with van der Waals surface area (Å²) < 4.78 is 5.54. The molecule has 0 aromatic heterocycles. The van der Waals surface area contributed by atoms with Gasteiger partial charge in [-0.3, -0.25) is 4.90 Å². The maximum Gasteiger partial charge on any atom is 0.317 e. The Morgan fingerprint density at radius 1 is 1.16 bits per heavy atom. The quantitative estimate of drug-likeness (QED) is 0.736. The van der Waals surface area contributed by atoms with Crippen molar-refractivity contribution in [1.29, 1.82) is 0 Å². The number of carbonyl (C=O) groups is 1. The van der Waals surface area contributed by atoms with Gasteiger partial charge in [0.25, 0.3) is 0 Å². The van der Waals surface area contributed by atoms with E-state index >= 15 is 0 Å². The summed E-state index contributed by atoms with van der Waals surface area (Å²) in [5.41, 5.74) is 1.33. The number of rotatable bonds is 8.